The quantitative estimate of drug-likeness (QED) is 0.656. The van der Waals surface area contributed by atoms with Gasteiger partial charge in [-0.1, -0.05) is 30.3 Å². The molecule has 5 nitrogen and oxygen atoms in total. The van der Waals surface area contributed by atoms with Crippen molar-refractivity contribution in [3.05, 3.63) is 89.5 Å². The zero-order chi connectivity index (χ0) is 22.7. The molecule has 4 rings (SSSR count). The van der Waals surface area contributed by atoms with Crippen molar-refractivity contribution in [3.8, 4) is 17.2 Å². The van der Waals surface area contributed by atoms with Crippen LogP contribution >= 0.6 is 0 Å². The van der Waals surface area contributed by atoms with Crippen molar-refractivity contribution >= 4 is 17.5 Å². The smallest absolute Gasteiger partial charge is 0.255 e. The van der Waals surface area contributed by atoms with Crippen LogP contribution in [0.5, 0.6) is 0 Å². The van der Waals surface area contributed by atoms with Gasteiger partial charge in [0, 0.05) is 24.3 Å². The second-order valence-corrected chi connectivity index (χ2v) is 7.59. The van der Waals surface area contributed by atoms with E-state index in [0.29, 0.717) is 29.8 Å². The van der Waals surface area contributed by atoms with Gasteiger partial charge in [0.2, 0.25) is 5.91 Å². The average molecular weight is 431 g/mol. The van der Waals surface area contributed by atoms with Crippen LogP contribution in [0.2, 0.25) is 0 Å². The number of hydrogen-bond donors (Lipinski definition) is 1. The van der Waals surface area contributed by atoms with E-state index in [1.54, 1.807) is 42.5 Å². The third kappa shape index (κ3) is 4.35. The number of benzene rings is 3. The molecule has 1 atom stereocenters. The van der Waals surface area contributed by atoms with E-state index >= 15 is 0 Å². The Kier molecular flexibility index (Phi) is 5.95. The summed E-state index contributed by atoms with van der Waals surface area (Å²) in [6.07, 6.45) is 0.446. The van der Waals surface area contributed by atoms with E-state index in [4.69, 9.17) is 0 Å². The lowest BCUT2D eigenvalue weighted by Crippen LogP contribution is -2.32. The minimum absolute atomic E-state index is 0.00820. The van der Waals surface area contributed by atoms with Crippen LogP contribution in [0.1, 0.15) is 22.3 Å². The monoisotopic (exact) mass is 431 g/mol. The first kappa shape index (κ1) is 21.2. The molecule has 32 heavy (non-hydrogen) atoms. The molecule has 1 aliphatic heterocycles. The summed E-state index contributed by atoms with van der Waals surface area (Å²) in [6.45, 7) is 0.493. The third-order valence-electron chi connectivity index (χ3n) is 5.49. The molecule has 1 saturated heterocycles. The summed E-state index contributed by atoms with van der Waals surface area (Å²) in [5, 5.41) is 12.0. The van der Waals surface area contributed by atoms with E-state index in [2.05, 4.69) is 5.32 Å². The highest BCUT2D eigenvalue weighted by Gasteiger charge is 2.32. The van der Waals surface area contributed by atoms with E-state index in [1.807, 2.05) is 6.07 Å². The fraction of sp³-hybridized carbons (Fsp3) is 0.160. The fourth-order valence-electron chi connectivity index (χ4n) is 3.82. The van der Waals surface area contributed by atoms with Gasteiger partial charge in [-0.15, -0.1) is 0 Å². The third-order valence-corrected chi connectivity index (χ3v) is 5.49. The lowest BCUT2D eigenvalue weighted by molar-refractivity contribution is -0.119. The van der Waals surface area contributed by atoms with Gasteiger partial charge < -0.3 is 10.2 Å². The number of carbonyl (C=O) groups is 2. The maximum Gasteiger partial charge on any atom is 0.255 e. The van der Waals surface area contributed by atoms with Crippen molar-refractivity contribution < 1.29 is 18.4 Å². The van der Waals surface area contributed by atoms with Gasteiger partial charge in [0.05, 0.1) is 23.1 Å². The van der Waals surface area contributed by atoms with Crippen LogP contribution in [0.15, 0.2) is 66.7 Å². The average Bonchev–Trinajstić information content (AvgIpc) is 3.29. The first-order valence-corrected chi connectivity index (χ1v) is 10.1. The van der Waals surface area contributed by atoms with Gasteiger partial charge in [-0.3, -0.25) is 9.59 Å². The Morgan fingerprint density at radius 2 is 1.84 bits per heavy atom. The minimum Gasteiger partial charge on any atom is -0.338 e. The molecule has 160 valence electrons. The Labute approximate surface area is 183 Å². The molecule has 3 aromatic rings. The van der Waals surface area contributed by atoms with Crippen molar-refractivity contribution in [1.29, 1.82) is 5.26 Å². The molecule has 1 aliphatic rings. The molecule has 1 heterocycles. The Morgan fingerprint density at radius 1 is 1.03 bits per heavy atom. The van der Waals surface area contributed by atoms with Gasteiger partial charge in [0.15, 0.2) is 0 Å². The second-order valence-electron chi connectivity index (χ2n) is 7.59. The highest BCUT2D eigenvalue weighted by Crippen LogP contribution is 2.26. The van der Waals surface area contributed by atoms with Gasteiger partial charge >= 0.3 is 0 Å². The molecule has 2 amide bonds. The van der Waals surface area contributed by atoms with Crippen molar-refractivity contribution in [2.75, 3.05) is 18.4 Å². The molecule has 0 aromatic heterocycles. The molecule has 1 N–H and O–H groups in total. The normalized spacial score (nSPS) is 15.3. The number of hydrogen-bond acceptors (Lipinski definition) is 3. The first-order chi connectivity index (χ1) is 15.5. The Balaban J connectivity index is 1.45. The summed E-state index contributed by atoms with van der Waals surface area (Å²) in [7, 11) is 0. The van der Waals surface area contributed by atoms with Crippen molar-refractivity contribution in [2.45, 2.75) is 6.42 Å². The number of nitrogens with one attached hydrogen (secondary N) is 1. The lowest BCUT2D eigenvalue weighted by atomic mass is 10.0. The highest BCUT2D eigenvalue weighted by atomic mass is 19.1. The molecular weight excluding hydrogens is 412 g/mol. The summed E-state index contributed by atoms with van der Waals surface area (Å²) < 4.78 is 27.7. The standard InChI is InChI=1S/C25H19F2N3O2/c26-19-9-8-17(14-28)22(13-19)25(32)30-11-10-18(15-30)24(31)29-20-5-3-4-16(12-20)21-6-1-2-7-23(21)27/h1-9,12-13,18H,10-11,15H2,(H,29,31)/t18-/m1/s1. The van der Waals surface area contributed by atoms with Gasteiger partial charge in [-0.25, -0.2) is 8.78 Å². The maximum absolute atomic E-state index is 14.1. The van der Waals surface area contributed by atoms with E-state index in [0.717, 1.165) is 12.1 Å². The van der Waals surface area contributed by atoms with Crippen LogP contribution < -0.4 is 5.32 Å². The molecule has 0 spiro atoms. The Bertz CT molecular complexity index is 1240. The maximum atomic E-state index is 14.1. The van der Waals surface area contributed by atoms with Crippen molar-refractivity contribution in [1.82, 2.24) is 4.90 Å². The van der Waals surface area contributed by atoms with Gasteiger partial charge in [-0.05, 0) is 48.4 Å². The zero-order valence-corrected chi connectivity index (χ0v) is 17.0. The van der Waals surface area contributed by atoms with E-state index < -0.39 is 17.6 Å². The van der Waals surface area contributed by atoms with E-state index in [1.165, 1.54) is 17.0 Å². The van der Waals surface area contributed by atoms with Gasteiger partial charge in [0.25, 0.3) is 5.91 Å². The number of anilines is 1. The highest BCUT2D eigenvalue weighted by molar-refractivity contribution is 5.98. The van der Waals surface area contributed by atoms with E-state index in [9.17, 15) is 23.6 Å². The molecule has 3 aromatic carbocycles. The zero-order valence-electron chi connectivity index (χ0n) is 17.0. The molecule has 0 aliphatic carbocycles. The summed E-state index contributed by atoms with van der Waals surface area (Å²) in [4.78, 5) is 27.0. The molecule has 0 saturated carbocycles. The predicted molar refractivity (Wildman–Crippen MR) is 116 cm³/mol. The predicted octanol–water partition coefficient (Wildman–Crippen LogP) is 4.60. The van der Waals surface area contributed by atoms with Gasteiger partial charge in [-0.2, -0.15) is 5.26 Å². The number of carbonyl (C=O) groups excluding carboxylic acids is 2. The molecule has 7 heteroatoms. The van der Waals surface area contributed by atoms with Crippen LogP contribution in [0, 0.1) is 28.9 Å². The topological polar surface area (TPSA) is 73.2 Å². The summed E-state index contributed by atoms with van der Waals surface area (Å²) >= 11 is 0. The van der Waals surface area contributed by atoms with Crippen LogP contribution in [-0.2, 0) is 4.79 Å². The molecule has 1 fully saturated rings. The van der Waals surface area contributed by atoms with Gasteiger partial charge in [0.1, 0.15) is 11.6 Å². The molecule has 0 unspecified atom stereocenters. The second kappa shape index (κ2) is 8.98. The molecule has 0 radical (unpaired) electrons. The molecular formula is C25H19F2N3O2. The summed E-state index contributed by atoms with van der Waals surface area (Å²) in [6, 6.07) is 18.6. The Hall–Kier alpha value is -4.05. The minimum atomic E-state index is -0.601. The van der Waals surface area contributed by atoms with Crippen molar-refractivity contribution in [2.24, 2.45) is 5.92 Å². The lowest BCUT2D eigenvalue weighted by Gasteiger charge is -2.17. The number of nitriles is 1. The van der Waals surface area contributed by atoms with Crippen LogP contribution in [0.4, 0.5) is 14.5 Å². The number of amides is 2. The first-order valence-electron chi connectivity index (χ1n) is 10.1. The largest absolute Gasteiger partial charge is 0.338 e. The van der Waals surface area contributed by atoms with Crippen molar-refractivity contribution in [3.63, 3.8) is 0 Å². The number of likely N-dealkylation sites (tertiary alicyclic amines) is 1. The number of nitrogens with zero attached hydrogens (tertiary/aromatic N) is 2. The Morgan fingerprint density at radius 3 is 2.62 bits per heavy atom. The summed E-state index contributed by atoms with van der Waals surface area (Å²) in [5.41, 5.74) is 1.68. The number of halogens is 2. The van der Waals surface area contributed by atoms with E-state index in [-0.39, 0.29) is 29.4 Å². The number of rotatable bonds is 4. The van der Waals surface area contributed by atoms with Crippen LogP contribution in [-0.4, -0.2) is 29.8 Å². The summed E-state index contributed by atoms with van der Waals surface area (Å²) in [5.74, 6) is -2.13. The SMILES string of the molecule is N#Cc1ccc(F)cc1C(=O)N1CC[C@@H](C(=O)Nc2cccc(-c3ccccc3F)c2)C1. The van der Waals surface area contributed by atoms with Crippen LogP contribution in [0.25, 0.3) is 11.1 Å². The van der Waals surface area contributed by atoms with Crippen LogP contribution in [0.3, 0.4) is 0 Å². The fourth-order valence-corrected chi connectivity index (χ4v) is 3.82. The molecule has 0 bridgehead atoms.